The summed E-state index contributed by atoms with van der Waals surface area (Å²) >= 11 is 0. The number of hydrogen-bond acceptors (Lipinski definition) is 7. The van der Waals surface area contributed by atoms with Crippen LogP contribution in [0.4, 0.5) is 0 Å². The van der Waals surface area contributed by atoms with E-state index in [0.717, 1.165) is 0 Å². The molecule has 0 aromatic carbocycles. The molecule has 2 bridgehead atoms. The molecular weight excluding hydrogens is 376 g/mol. The highest BCUT2D eigenvalue weighted by Crippen LogP contribution is 2.68. The summed E-state index contributed by atoms with van der Waals surface area (Å²) in [6.45, 7) is 8.92. The van der Waals surface area contributed by atoms with Crippen LogP contribution in [0.5, 0.6) is 0 Å². The number of aliphatic hydroxyl groups is 2. The molecular formula is C22H30O7. The summed E-state index contributed by atoms with van der Waals surface area (Å²) in [4.78, 5) is 38.3. The topological polar surface area (TPSA) is 110 Å². The maximum Gasteiger partial charge on any atom is 0.320 e. The maximum absolute atomic E-state index is 13.3. The van der Waals surface area contributed by atoms with E-state index in [4.69, 9.17) is 9.47 Å². The molecule has 4 fully saturated rings. The first-order valence-corrected chi connectivity index (χ1v) is 10.4. The molecule has 1 aliphatic heterocycles. The first-order chi connectivity index (χ1) is 13.5. The van der Waals surface area contributed by atoms with Gasteiger partial charge in [0.05, 0.1) is 11.5 Å². The summed E-state index contributed by atoms with van der Waals surface area (Å²) < 4.78 is 11.4. The van der Waals surface area contributed by atoms with Crippen LogP contribution in [0, 0.1) is 34.0 Å². The minimum absolute atomic E-state index is 0.108. The Balaban J connectivity index is 1.95. The van der Waals surface area contributed by atoms with Gasteiger partial charge < -0.3 is 19.7 Å². The summed E-state index contributed by atoms with van der Waals surface area (Å²) in [5, 5.41) is 21.7. The van der Waals surface area contributed by atoms with Crippen LogP contribution >= 0.6 is 0 Å². The van der Waals surface area contributed by atoms with Crippen molar-refractivity contribution in [2.75, 3.05) is 13.2 Å². The monoisotopic (exact) mass is 406 g/mol. The number of ketones is 1. The molecule has 29 heavy (non-hydrogen) atoms. The average Bonchev–Trinajstić information content (AvgIpc) is 2.83. The number of Topliss-reactive ketones (excluding diaryl/α,β-unsaturated/α-hetero) is 1. The normalized spacial score (nSPS) is 45.3. The standard InChI is InChI=1S/C22H30O7/c1-11-13-7-14(25)17-21(8-13,18(11)26)19(27)29-16-5-6-20(3,4)15(9-23)22(16,17)10-28-12(2)24/h13-17,23,25H,1,5-10H2,2-4H3/t13-,14-,15+,16-,17-,21+,22-/m0/s1. The van der Waals surface area contributed by atoms with E-state index in [1.165, 1.54) is 6.92 Å². The molecule has 0 aromatic rings. The lowest BCUT2D eigenvalue weighted by Crippen LogP contribution is -2.72. The van der Waals surface area contributed by atoms with Crippen molar-refractivity contribution in [2.24, 2.45) is 34.0 Å². The van der Waals surface area contributed by atoms with Gasteiger partial charge in [0.1, 0.15) is 18.1 Å². The quantitative estimate of drug-likeness (QED) is 0.414. The van der Waals surface area contributed by atoms with Crippen molar-refractivity contribution in [3.63, 3.8) is 0 Å². The second-order valence-corrected chi connectivity index (χ2v) is 10.1. The zero-order valence-corrected chi connectivity index (χ0v) is 17.3. The van der Waals surface area contributed by atoms with Crippen molar-refractivity contribution in [2.45, 2.75) is 58.7 Å². The van der Waals surface area contributed by atoms with Gasteiger partial charge in [-0.3, -0.25) is 14.4 Å². The van der Waals surface area contributed by atoms with E-state index in [2.05, 4.69) is 6.58 Å². The van der Waals surface area contributed by atoms with Crippen LogP contribution in [-0.4, -0.2) is 53.4 Å². The number of aliphatic hydroxyl groups excluding tert-OH is 2. The third-order valence-corrected chi connectivity index (χ3v) is 8.34. The summed E-state index contributed by atoms with van der Waals surface area (Å²) in [5.74, 6) is -2.93. The summed E-state index contributed by atoms with van der Waals surface area (Å²) in [5.41, 5.74) is -2.55. The van der Waals surface area contributed by atoms with Crippen LogP contribution < -0.4 is 0 Å². The Kier molecular flexibility index (Phi) is 4.52. The minimum atomic E-state index is -1.52. The molecule has 160 valence electrons. The second-order valence-electron chi connectivity index (χ2n) is 10.1. The van der Waals surface area contributed by atoms with Crippen molar-refractivity contribution in [1.82, 2.24) is 0 Å². The number of hydrogen-bond donors (Lipinski definition) is 2. The fourth-order valence-corrected chi connectivity index (χ4v) is 7.09. The number of ether oxygens (including phenoxy) is 2. The molecule has 4 rings (SSSR count). The van der Waals surface area contributed by atoms with Crippen molar-refractivity contribution < 1.29 is 34.1 Å². The lowest BCUT2D eigenvalue weighted by molar-refractivity contribution is -0.270. The molecule has 0 aromatic heterocycles. The van der Waals surface area contributed by atoms with Crippen LogP contribution in [0.25, 0.3) is 0 Å². The number of esters is 2. The molecule has 1 heterocycles. The van der Waals surface area contributed by atoms with Gasteiger partial charge in [-0.25, -0.2) is 0 Å². The third-order valence-electron chi connectivity index (χ3n) is 8.34. The van der Waals surface area contributed by atoms with Crippen molar-refractivity contribution in [3.8, 4) is 0 Å². The Morgan fingerprint density at radius 3 is 2.66 bits per heavy atom. The van der Waals surface area contributed by atoms with Crippen LogP contribution in [0.15, 0.2) is 12.2 Å². The number of carbonyl (C=O) groups is 3. The lowest BCUT2D eigenvalue weighted by Gasteiger charge is -2.64. The van der Waals surface area contributed by atoms with Crippen LogP contribution in [-0.2, 0) is 23.9 Å². The summed E-state index contributed by atoms with van der Waals surface area (Å²) in [6, 6.07) is 0. The van der Waals surface area contributed by atoms with Gasteiger partial charge in [0.15, 0.2) is 5.78 Å². The van der Waals surface area contributed by atoms with E-state index in [1.807, 2.05) is 13.8 Å². The van der Waals surface area contributed by atoms with Crippen LogP contribution in [0.1, 0.15) is 46.5 Å². The molecule has 7 nitrogen and oxygen atoms in total. The Labute approximate surface area is 170 Å². The van der Waals surface area contributed by atoms with Gasteiger partial charge in [-0.05, 0) is 48.5 Å². The highest BCUT2D eigenvalue weighted by Gasteiger charge is 2.77. The van der Waals surface area contributed by atoms with Gasteiger partial charge in [-0.15, -0.1) is 0 Å². The zero-order chi connectivity index (χ0) is 21.4. The molecule has 3 saturated carbocycles. The minimum Gasteiger partial charge on any atom is -0.465 e. The van der Waals surface area contributed by atoms with E-state index in [0.29, 0.717) is 24.8 Å². The fourth-order valence-electron chi connectivity index (χ4n) is 7.09. The molecule has 7 heteroatoms. The number of fused-ring (bicyclic) bond motifs is 3. The number of allylic oxidation sites excluding steroid dienone is 1. The Morgan fingerprint density at radius 2 is 2.03 bits per heavy atom. The number of carbonyl (C=O) groups excluding carboxylic acids is 3. The molecule has 7 atom stereocenters. The summed E-state index contributed by atoms with van der Waals surface area (Å²) in [6.07, 6.45) is 0.232. The van der Waals surface area contributed by atoms with E-state index < -0.39 is 46.8 Å². The highest BCUT2D eigenvalue weighted by atomic mass is 16.6. The van der Waals surface area contributed by atoms with E-state index in [9.17, 15) is 24.6 Å². The Hall–Kier alpha value is -1.73. The van der Waals surface area contributed by atoms with E-state index >= 15 is 0 Å². The van der Waals surface area contributed by atoms with E-state index in [1.54, 1.807) is 0 Å². The van der Waals surface area contributed by atoms with Gasteiger partial charge >= 0.3 is 11.9 Å². The maximum atomic E-state index is 13.3. The average molecular weight is 406 g/mol. The van der Waals surface area contributed by atoms with Gasteiger partial charge in [0.25, 0.3) is 0 Å². The Bertz CT molecular complexity index is 786. The van der Waals surface area contributed by atoms with Gasteiger partial charge in [-0.1, -0.05) is 20.4 Å². The molecule has 0 amide bonds. The van der Waals surface area contributed by atoms with Gasteiger partial charge in [-0.2, -0.15) is 0 Å². The molecule has 0 radical (unpaired) electrons. The van der Waals surface area contributed by atoms with Crippen molar-refractivity contribution in [1.29, 1.82) is 0 Å². The SMILES string of the molecule is C=C1C(=O)[C@@]23C[C@@H]1C[C@H](O)[C@@H]2[C@]1(COC(C)=O)[C@H](CCC(C)(C)[C@H]1CO)OC3=O. The first kappa shape index (κ1) is 20.5. The largest absolute Gasteiger partial charge is 0.465 e. The molecule has 1 spiro atoms. The zero-order valence-electron chi connectivity index (χ0n) is 17.3. The Morgan fingerprint density at radius 1 is 1.34 bits per heavy atom. The number of rotatable bonds is 3. The first-order valence-electron chi connectivity index (χ1n) is 10.4. The highest BCUT2D eigenvalue weighted by molar-refractivity contribution is 6.15. The molecule has 3 aliphatic carbocycles. The van der Waals surface area contributed by atoms with Crippen LogP contribution in [0.3, 0.4) is 0 Å². The fraction of sp³-hybridized carbons (Fsp3) is 0.773. The van der Waals surface area contributed by atoms with Crippen molar-refractivity contribution >= 4 is 17.7 Å². The molecule has 0 unspecified atom stereocenters. The lowest BCUT2D eigenvalue weighted by atomic mass is 9.43. The van der Waals surface area contributed by atoms with Crippen LogP contribution in [0.2, 0.25) is 0 Å². The molecule has 4 aliphatic rings. The molecule has 2 N–H and O–H groups in total. The van der Waals surface area contributed by atoms with E-state index in [-0.39, 0.29) is 36.8 Å². The predicted molar refractivity (Wildman–Crippen MR) is 101 cm³/mol. The predicted octanol–water partition coefficient (Wildman–Crippen LogP) is 1.40. The van der Waals surface area contributed by atoms with Gasteiger partial charge in [0, 0.05) is 19.4 Å². The smallest absolute Gasteiger partial charge is 0.320 e. The third kappa shape index (κ3) is 2.46. The van der Waals surface area contributed by atoms with Gasteiger partial charge in [0.2, 0.25) is 0 Å². The molecule has 1 saturated heterocycles. The summed E-state index contributed by atoms with van der Waals surface area (Å²) in [7, 11) is 0. The second kappa shape index (κ2) is 6.38. The van der Waals surface area contributed by atoms with Crippen molar-refractivity contribution in [3.05, 3.63) is 12.2 Å².